The number of anilines is 2. The number of ether oxygens (including phenoxy) is 2. The molecule has 0 unspecified atom stereocenters. The Hall–Kier alpha value is -3.02. The highest BCUT2D eigenvalue weighted by Gasteiger charge is 2.23. The standard InChI is InChI=1S/C18H18N2O4/c1-23-16-8-3-2-5-13(16)11-17(21)19-14-6-4-7-15(12-14)20-9-10-24-18(20)22/h2-8,12H,9-11H2,1H3,(H,19,21). The lowest BCUT2D eigenvalue weighted by molar-refractivity contribution is -0.115. The number of nitrogens with zero attached hydrogens (tertiary/aromatic N) is 1. The highest BCUT2D eigenvalue weighted by molar-refractivity contribution is 5.94. The van der Waals surface area contributed by atoms with E-state index in [1.165, 1.54) is 4.90 Å². The second kappa shape index (κ2) is 7.04. The highest BCUT2D eigenvalue weighted by Crippen LogP contribution is 2.23. The molecular weight excluding hydrogens is 308 g/mol. The summed E-state index contributed by atoms with van der Waals surface area (Å²) in [7, 11) is 1.58. The Labute approximate surface area is 140 Å². The van der Waals surface area contributed by atoms with E-state index in [0.29, 0.717) is 30.3 Å². The smallest absolute Gasteiger partial charge is 0.414 e. The van der Waals surface area contributed by atoms with E-state index in [4.69, 9.17) is 9.47 Å². The van der Waals surface area contributed by atoms with E-state index in [9.17, 15) is 9.59 Å². The second-order valence-corrected chi connectivity index (χ2v) is 5.35. The Kier molecular flexibility index (Phi) is 4.65. The molecule has 0 bridgehead atoms. The van der Waals surface area contributed by atoms with Gasteiger partial charge in [0.05, 0.1) is 20.1 Å². The lowest BCUT2D eigenvalue weighted by atomic mass is 10.1. The van der Waals surface area contributed by atoms with Crippen molar-refractivity contribution >= 4 is 23.4 Å². The van der Waals surface area contributed by atoms with Gasteiger partial charge in [0.1, 0.15) is 12.4 Å². The lowest BCUT2D eigenvalue weighted by Gasteiger charge is -2.14. The maximum Gasteiger partial charge on any atom is 0.414 e. The van der Waals surface area contributed by atoms with Gasteiger partial charge in [0, 0.05) is 16.9 Å². The number of amides is 2. The zero-order chi connectivity index (χ0) is 16.9. The Morgan fingerprint density at radius 3 is 2.83 bits per heavy atom. The summed E-state index contributed by atoms with van der Waals surface area (Å²) in [6.07, 6.45) is -0.160. The van der Waals surface area contributed by atoms with Crippen LogP contribution >= 0.6 is 0 Å². The molecule has 2 aromatic rings. The van der Waals surface area contributed by atoms with Gasteiger partial charge in [0.2, 0.25) is 5.91 Å². The molecule has 2 amide bonds. The first-order valence-electron chi connectivity index (χ1n) is 7.63. The van der Waals surface area contributed by atoms with E-state index in [2.05, 4.69) is 5.32 Å². The number of nitrogens with one attached hydrogen (secondary N) is 1. The van der Waals surface area contributed by atoms with E-state index in [-0.39, 0.29) is 18.4 Å². The molecule has 0 atom stereocenters. The maximum absolute atomic E-state index is 12.3. The number of benzene rings is 2. The van der Waals surface area contributed by atoms with E-state index < -0.39 is 0 Å². The number of hydrogen-bond acceptors (Lipinski definition) is 4. The number of methoxy groups -OCH3 is 1. The summed E-state index contributed by atoms with van der Waals surface area (Å²) in [6, 6.07) is 14.5. The van der Waals surface area contributed by atoms with Crippen molar-refractivity contribution in [2.75, 3.05) is 30.5 Å². The van der Waals surface area contributed by atoms with E-state index in [1.807, 2.05) is 30.3 Å². The average molecular weight is 326 g/mol. The number of para-hydroxylation sites is 1. The molecule has 6 nitrogen and oxygen atoms in total. The lowest BCUT2D eigenvalue weighted by Crippen LogP contribution is -2.23. The first-order chi connectivity index (χ1) is 11.7. The Balaban J connectivity index is 1.69. The third kappa shape index (κ3) is 3.48. The molecule has 3 rings (SSSR count). The van der Waals surface area contributed by atoms with Crippen molar-refractivity contribution in [3.05, 3.63) is 54.1 Å². The summed E-state index contributed by atoms with van der Waals surface area (Å²) < 4.78 is 10.2. The van der Waals surface area contributed by atoms with Crippen LogP contribution in [0.5, 0.6) is 5.75 Å². The monoisotopic (exact) mass is 326 g/mol. The number of carbonyl (C=O) groups excluding carboxylic acids is 2. The van der Waals surface area contributed by atoms with Gasteiger partial charge in [-0.3, -0.25) is 9.69 Å². The summed E-state index contributed by atoms with van der Waals surface area (Å²) >= 11 is 0. The molecule has 1 aliphatic rings. The zero-order valence-corrected chi connectivity index (χ0v) is 13.3. The molecule has 124 valence electrons. The van der Waals surface area contributed by atoms with Crippen LogP contribution in [0, 0.1) is 0 Å². The third-order valence-electron chi connectivity index (χ3n) is 3.75. The Morgan fingerprint density at radius 2 is 2.08 bits per heavy atom. The molecule has 0 spiro atoms. The molecule has 0 aromatic heterocycles. The number of carbonyl (C=O) groups is 2. The number of rotatable bonds is 5. The number of hydrogen-bond donors (Lipinski definition) is 1. The normalized spacial score (nSPS) is 13.5. The van der Waals surface area contributed by atoms with Crippen LogP contribution in [0.25, 0.3) is 0 Å². The minimum absolute atomic E-state index is 0.152. The molecule has 24 heavy (non-hydrogen) atoms. The van der Waals surface area contributed by atoms with Crippen LogP contribution in [-0.4, -0.2) is 32.3 Å². The van der Waals surface area contributed by atoms with Crippen molar-refractivity contribution in [1.29, 1.82) is 0 Å². The third-order valence-corrected chi connectivity index (χ3v) is 3.75. The molecule has 1 saturated heterocycles. The fourth-order valence-corrected chi connectivity index (χ4v) is 2.61. The molecule has 1 N–H and O–H groups in total. The van der Waals surface area contributed by atoms with Crippen LogP contribution in [0.1, 0.15) is 5.56 Å². The van der Waals surface area contributed by atoms with Gasteiger partial charge in [-0.2, -0.15) is 0 Å². The second-order valence-electron chi connectivity index (χ2n) is 5.35. The molecular formula is C18H18N2O4. The molecule has 1 aliphatic heterocycles. The zero-order valence-electron chi connectivity index (χ0n) is 13.3. The van der Waals surface area contributed by atoms with Crippen LogP contribution in [-0.2, 0) is 16.0 Å². The predicted octanol–water partition coefficient (Wildman–Crippen LogP) is 2.83. The van der Waals surface area contributed by atoms with Gasteiger partial charge in [0.15, 0.2) is 0 Å². The van der Waals surface area contributed by atoms with E-state index >= 15 is 0 Å². The molecule has 1 heterocycles. The van der Waals surface area contributed by atoms with Crippen LogP contribution in [0.2, 0.25) is 0 Å². The maximum atomic E-state index is 12.3. The largest absolute Gasteiger partial charge is 0.496 e. The van der Waals surface area contributed by atoms with Crippen LogP contribution in [0.15, 0.2) is 48.5 Å². The van der Waals surface area contributed by atoms with Crippen LogP contribution in [0.3, 0.4) is 0 Å². The first-order valence-corrected chi connectivity index (χ1v) is 7.63. The molecule has 0 radical (unpaired) electrons. The van der Waals surface area contributed by atoms with Crippen molar-refractivity contribution in [3.8, 4) is 5.75 Å². The van der Waals surface area contributed by atoms with Crippen molar-refractivity contribution < 1.29 is 19.1 Å². The van der Waals surface area contributed by atoms with Gasteiger partial charge in [0.25, 0.3) is 0 Å². The fraction of sp³-hybridized carbons (Fsp3) is 0.222. The fourth-order valence-electron chi connectivity index (χ4n) is 2.61. The summed E-state index contributed by atoms with van der Waals surface area (Å²) in [6.45, 7) is 0.890. The minimum Gasteiger partial charge on any atom is -0.496 e. The van der Waals surface area contributed by atoms with Crippen molar-refractivity contribution in [3.63, 3.8) is 0 Å². The SMILES string of the molecule is COc1ccccc1CC(=O)Nc1cccc(N2CCOC2=O)c1. The van der Waals surface area contributed by atoms with Crippen LogP contribution < -0.4 is 15.0 Å². The topological polar surface area (TPSA) is 67.9 Å². The summed E-state index contributed by atoms with van der Waals surface area (Å²) in [5.41, 5.74) is 2.15. The van der Waals surface area contributed by atoms with Gasteiger partial charge in [-0.05, 0) is 24.3 Å². The predicted molar refractivity (Wildman–Crippen MR) is 90.5 cm³/mol. The minimum atomic E-state index is -0.368. The molecule has 1 fully saturated rings. The number of cyclic esters (lactones) is 1. The van der Waals surface area contributed by atoms with Gasteiger partial charge in [-0.1, -0.05) is 24.3 Å². The molecule has 2 aromatic carbocycles. The molecule has 6 heteroatoms. The van der Waals surface area contributed by atoms with Gasteiger partial charge in [-0.25, -0.2) is 4.79 Å². The molecule has 0 saturated carbocycles. The Morgan fingerprint density at radius 1 is 1.25 bits per heavy atom. The van der Waals surface area contributed by atoms with Crippen LogP contribution in [0.4, 0.5) is 16.2 Å². The summed E-state index contributed by atoms with van der Waals surface area (Å²) in [5, 5.41) is 2.85. The average Bonchev–Trinajstić information content (AvgIpc) is 3.01. The first kappa shape index (κ1) is 15.9. The van der Waals surface area contributed by atoms with Crippen molar-refractivity contribution in [2.45, 2.75) is 6.42 Å². The van der Waals surface area contributed by atoms with E-state index in [0.717, 1.165) is 5.56 Å². The van der Waals surface area contributed by atoms with Crippen molar-refractivity contribution in [2.24, 2.45) is 0 Å². The van der Waals surface area contributed by atoms with Gasteiger partial charge < -0.3 is 14.8 Å². The van der Waals surface area contributed by atoms with E-state index in [1.54, 1.807) is 25.3 Å². The van der Waals surface area contributed by atoms with Gasteiger partial charge in [-0.15, -0.1) is 0 Å². The quantitative estimate of drug-likeness (QED) is 0.917. The summed E-state index contributed by atoms with van der Waals surface area (Å²) in [4.78, 5) is 25.4. The van der Waals surface area contributed by atoms with Crippen molar-refractivity contribution in [1.82, 2.24) is 0 Å². The Bertz CT molecular complexity index is 760. The summed E-state index contributed by atoms with van der Waals surface area (Å²) in [5.74, 6) is 0.530. The van der Waals surface area contributed by atoms with Gasteiger partial charge >= 0.3 is 6.09 Å². The molecule has 0 aliphatic carbocycles. The highest BCUT2D eigenvalue weighted by atomic mass is 16.6.